The molecule has 0 spiro atoms. The van der Waals surface area contributed by atoms with Gasteiger partial charge in [-0.2, -0.15) is 0 Å². The Bertz CT molecular complexity index is 228. The summed E-state index contributed by atoms with van der Waals surface area (Å²) in [4.78, 5) is 2.50. The molecule has 0 bridgehead atoms. The van der Waals surface area contributed by atoms with Crippen molar-refractivity contribution in [1.29, 1.82) is 0 Å². The fourth-order valence-corrected chi connectivity index (χ4v) is 1.78. The summed E-state index contributed by atoms with van der Waals surface area (Å²) in [5.41, 5.74) is 1.30. The average molecular weight is 165 g/mol. The largest absolute Gasteiger partial charge is 0.472 e. The van der Waals surface area contributed by atoms with Gasteiger partial charge in [0.2, 0.25) is 0 Å². The van der Waals surface area contributed by atoms with Crippen molar-refractivity contribution in [2.45, 2.75) is 32.4 Å². The number of furan rings is 1. The zero-order valence-corrected chi connectivity index (χ0v) is 7.49. The fourth-order valence-electron chi connectivity index (χ4n) is 1.78. The molecule has 1 aliphatic heterocycles. The lowest BCUT2D eigenvalue weighted by Gasteiger charge is -2.40. The first-order valence-corrected chi connectivity index (χ1v) is 4.65. The quantitative estimate of drug-likeness (QED) is 0.683. The lowest BCUT2D eigenvalue weighted by atomic mass is 10.00. The molecule has 0 aromatic carbocycles. The van der Waals surface area contributed by atoms with Crippen LogP contribution in [0.3, 0.4) is 0 Å². The molecule has 12 heavy (non-hydrogen) atoms. The highest BCUT2D eigenvalue weighted by atomic mass is 16.3. The minimum Gasteiger partial charge on any atom is -0.472 e. The number of nitrogens with zero attached hydrogens (tertiary/aromatic N) is 1. The van der Waals surface area contributed by atoms with Crippen molar-refractivity contribution >= 4 is 0 Å². The molecule has 1 aliphatic rings. The van der Waals surface area contributed by atoms with Crippen molar-refractivity contribution in [1.82, 2.24) is 4.90 Å². The zero-order valence-electron chi connectivity index (χ0n) is 7.49. The van der Waals surface area contributed by atoms with Gasteiger partial charge in [0.25, 0.3) is 0 Å². The molecular formula is C10H15NO. The maximum atomic E-state index is 5.03. The Labute approximate surface area is 73.2 Å². The van der Waals surface area contributed by atoms with Gasteiger partial charge in [-0.1, -0.05) is 6.92 Å². The van der Waals surface area contributed by atoms with Gasteiger partial charge in [-0.25, -0.2) is 0 Å². The second-order valence-corrected chi connectivity index (χ2v) is 3.45. The van der Waals surface area contributed by atoms with Crippen LogP contribution in [0.15, 0.2) is 23.0 Å². The van der Waals surface area contributed by atoms with Crippen LogP contribution in [0.2, 0.25) is 0 Å². The molecule has 0 saturated carbocycles. The van der Waals surface area contributed by atoms with Gasteiger partial charge in [0, 0.05) is 24.7 Å². The van der Waals surface area contributed by atoms with E-state index in [9.17, 15) is 0 Å². The predicted molar refractivity (Wildman–Crippen MR) is 47.8 cm³/mol. The van der Waals surface area contributed by atoms with Crippen molar-refractivity contribution in [3.05, 3.63) is 24.2 Å². The standard InChI is InChI=1S/C10H15NO/c1-2-10-3-5-11(10)7-9-4-6-12-8-9/h4,6,8,10H,2-3,5,7H2,1H3. The molecule has 0 N–H and O–H groups in total. The molecule has 66 valence electrons. The lowest BCUT2D eigenvalue weighted by molar-refractivity contribution is 0.0789. The summed E-state index contributed by atoms with van der Waals surface area (Å²) >= 11 is 0. The Morgan fingerprint density at radius 2 is 2.58 bits per heavy atom. The molecule has 0 radical (unpaired) electrons. The number of likely N-dealkylation sites (tertiary alicyclic amines) is 1. The van der Waals surface area contributed by atoms with Gasteiger partial charge >= 0.3 is 0 Å². The molecule has 2 heteroatoms. The van der Waals surface area contributed by atoms with E-state index in [0.717, 1.165) is 12.6 Å². The highest BCUT2D eigenvalue weighted by molar-refractivity contribution is 5.06. The van der Waals surface area contributed by atoms with Crippen LogP contribution in [0, 0.1) is 0 Å². The highest BCUT2D eigenvalue weighted by Gasteiger charge is 2.25. The minimum absolute atomic E-state index is 0.819. The first kappa shape index (κ1) is 7.87. The molecule has 1 saturated heterocycles. The van der Waals surface area contributed by atoms with Crippen molar-refractivity contribution in [2.24, 2.45) is 0 Å². The Kier molecular flexibility index (Phi) is 2.17. The van der Waals surface area contributed by atoms with Crippen LogP contribution >= 0.6 is 0 Å². The van der Waals surface area contributed by atoms with E-state index >= 15 is 0 Å². The van der Waals surface area contributed by atoms with E-state index in [4.69, 9.17) is 4.42 Å². The molecule has 0 aliphatic carbocycles. The molecule has 2 rings (SSSR count). The number of rotatable bonds is 3. The number of hydrogen-bond donors (Lipinski definition) is 0. The summed E-state index contributed by atoms with van der Waals surface area (Å²) in [7, 11) is 0. The van der Waals surface area contributed by atoms with E-state index in [1.807, 2.05) is 12.3 Å². The summed E-state index contributed by atoms with van der Waals surface area (Å²) in [5, 5.41) is 0. The van der Waals surface area contributed by atoms with E-state index in [2.05, 4.69) is 11.8 Å². The first-order chi connectivity index (χ1) is 5.90. The SMILES string of the molecule is CCC1CCN1Cc1ccoc1. The van der Waals surface area contributed by atoms with Gasteiger partial charge in [0.15, 0.2) is 0 Å². The molecule has 2 heterocycles. The first-order valence-electron chi connectivity index (χ1n) is 4.65. The smallest absolute Gasteiger partial charge is 0.0947 e. The third kappa shape index (κ3) is 1.39. The molecule has 1 fully saturated rings. The molecule has 2 nitrogen and oxygen atoms in total. The van der Waals surface area contributed by atoms with Gasteiger partial charge in [0.1, 0.15) is 0 Å². The third-order valence-electron chi connectivity index (χ3n) is 2.70. The van der Waals surface area contributed by atoms with Crippen LogP contribution in [0.5, 0.6) is 0 Å². The molecular weight excluding hydrogens is 150 g/mol. The van der Waals surface area contributed by atoms with Gasteiger partial charge in [-0.05, 0) is 18.9 Å². The van der Waals surface area contributed by atoms with Gasteiger partial charge in [0.05, 0.1) is 12.5 Å². The summed E-state index contributed by atoms with van der Waals surface area (Å²) in [6.07, 6.45) is 6.23. The van der Waals surface area contributed by atoms with Crippen LogP contribution in [0.4, 0.5) is 0 Å². The normalized spacial score (nSPS) is 23.9. The van der Waals surface area contributed by atoms with Gasteiger partial charge < -0.3 is 4.42 Å². The second-order valence-electron chi connectivity index (χ2n) is 3.45. The van der Waals surface area contributed by atoms with Crippen molar-refractivity contribution < 1.29 is 4.42 Å². The maximum absolute atomic E-state index is 5.03. The van der Waals surface area contributed by atoms with E-state index in [1.54, 1.807) is 6.26 Å². The lowest BCUT2D eigenvalue weighted by Crippen LogP contribution is -2.46. The molecule has 1 aromatic heterocycles. The highest BCUT2D eigenvalue weighted by Crippen LogP contribution is 2.22. The van der Waals surface area contributed by atoms with Crippen molar-refractivity contribution in [3.63, 3.8) is 0 Å². The fraction of sp³-hybridized carbons (Fsp3) is 0.600. The van der Waals surface area contributed by atoms with Crippen LogP contribution in [-0.4, -0.2) is 17.5 Å². The van der Waals surface area contributed by atoms with Crippen LogP contribution in [0.1, 0.15) is 25.3 Å². The van der Waals surface area contributed by atoms with Gasteiger partial charge in [-0.3, -0.25) is 4.90 Å². The molecule has 1 atom stereocenters. The van der Waals surface area contributed by atoms with Crippen LogP contribution in [0.25, 0.3) is 0 Å². The maximum Gasteiger partial charge on any atom is 0.0947 e. The van der Waals surface area contributed by atoms with E-state index in [-0.39, 0.29) is 0 Å². The topological polar surface area (TPSA) is 16.4 Å². The van der Waals surface area contributed by atoms with Gasteiger partial charge in [-0.15, -0.1) is 0 Å². The molecule has 0 amide bonds. The van der Waals surface area contributed by atoms with E-state index in [0.29, 0.717) is 0 Å². The third-order valence-corrected chi connectivity index (χ3v) is 2.70. The summed E-state index contributed by atoms with van der Waals surface area (Å²) in [6.45, 7) is 4.57. The van der Waals surface area contributed by atoms with E-state index < -0.39 is 0 Å². The molecule has 1 unspecified atom stereocenters. The minimum atomic E-state index is 0.819. The Balaban J connectivity index is 1.88. The second kappa shape index (κ2) is 3.31. The van der Waals surface area contributed by atoms with Crippen molar-refractivity contribution in [2.75, 3.05) is 6.54 Å². The zero-order chi connectivity index (χ0) is 8.39. The number of hydrogen-bond acceptors (Lipinski definition) is 2. The van der Waals surface area contributed by atoms with Crippen LogP contribution in [-0.2, 0) is 6.54 Å². The Hall–Kier alpha value is -0.760. The summed E-state index contributed by atoms with van der Waals surface area (Å²) in [6, 6.07) is 2.87. The monoisotopic (exact) mass is 165 g/mol. The Morgan fingerprint density at radius 1 is 1.67 bits per heavy atom. The van der Waals surface area contributed by atoms with Crippen LogP contribution < -0.4 is 0 Å². The molecule has 1 aromatic rings. The van der Waals surface area contributed by atoms with Crippen molar-refractivity contribution in [3.8, 4) is 0 Å². The van der Waals surface area contributed by atoms with E-state index in [1.165, 1.54) is 24.9 Å². The summed E-state index contributed by atoms with van der Waals surface area (Å²) in [5.74, 6) is 0. The summed E-state index contributed by atoms with van der Waals surface area (Å²) < 4.78 is 5.03. The Morgan fingerprint density at radius 3 is 3.08 bits per heavy atom. The average Bonchev–Trinajstić information content (AvgIpc) is 2.51. The predicted octanol–water partition coefficient (Wildman–Crippen LogP) is 2.26.